The van der Waals surface area contributed by atoms with Gasteiger partial charge in [0.15, 0.2) is 0 Å². The molecule has 0 spiro atoms. The molecule has 2 heterocycles. The number of hydrogen-bond acceptors (Lipinski definition) is 2. The Morgan fingerprint density at radius 3 is 2.80 bits per heavy atom. The first kappa shape index (κ1) is 9.25. The van der Waals surface area contributed by atoms with Crippen molar-refractivity contribution >= 4 is 5.82 Å². The van der Waals surface area contributed by atoms with Gasteiger partial charge in [-0.15, -0.1) is 0 Å². The first-order valence-corrected chi connectivity index (χ1v) is 6.10. The third kappa shape index (κ3) is 1.36. The van der Waals surface area contributed by atoms with Crippen molar-refractivity contribution in [3.63, 3.8) is 0 Å². The molecule has 3 heteroatoms. The van der Waals surface area contributed by atoms with Crippen molar-refractivity contribution in [1.29, 1.82) is 0 Å². The second-order valence-electron chi connectivity index (χ2n) is 5.18. The molecule has 0 amide bonds. The van der Waals surface area contributed by atoms with Crippen LogP contribution in [-0.4, -0.2) is 9.55 Å². The summed E-state index contributed by atoms with van der Waals surface area (Å²) >= 11 is 0. The van der Waals surface area contributed by atoms with Gasteiger partial charge in [-0.1, -0.05) is 13.3 Å². The molecule has 0 aromatic carbocycles. The Bertz CT molecular complexity index is 376. The first-order chi connectivity index (χ1) is 7.25. The zero-order valence-electron chi connectivity index (χ0n) is 9.37. The average molecular weight is 205 g/mol. The van der Waals surface area contributed by atoms with E-state index in [1.165, 1.54) is 37.2 Å². The van der Waals surface area contributed by atoms with Gasteiger partial charge in [0.2, 0.25) is 0 Å². The third-order valence-corrected chi connectivity index (χ3v) is 3.97. The summed E-state index contributed by atoms with van der Waals surface area (Å²) in [5, 5.41) is 0. The third-order valence-electron chi connectivity index (χ3n) is 3.97. The quantitative estimate of drug-likeness (QED) is 0.764. The summed E-state index contributed by atoms with van der Waals surface area (Å²) in [6.07, 6.45) is 6.36. The summed E-state index contributed by atoms with van der Waals surface area (Å²) in [6, 6.07) is 0. The summed E-state index contributed by atoms with van der Waals surface area (Å²) in [5.41, 5.74) is 7.29. The van der Waals surface area contributed by atoms with E-state index in [4.69, 9.17) is 5.73 Å². The van der Waals surface area contributed by atoms with Crippen LogP contribution in [-0.2, 0) is 13.0 Å². The van der Waals surface area contributed by atoms with Crippen molar-refractivity contribution < 1.29 is 0 Å². The highest BCUT2D eigenvalue weighted by atomic mass is 15.1. The molecule has 1 aromatic heterocycles. The summed E-state index contributed by atoms with van der Waals surface area (Å²) in [6.45, 7) is 3.45. The molecule has 1 saturated carbocycles. The molecule has 1 atom stereocenters. The molecule has 1 aliphatic carbocycles. The maximum Gasteiger partial charge on any atom is 0.145 e. The van der Waals surface area contributed by atoms with Gasteiger partial charge in [-0.2, -0.15) is 0 Å². The predicted octanol–water partition coefficient (Wildman–Crippen LogP) is 2.32. The smallest absolute Gasteiger partial charge is 0.145 e. The van der Waals surface area contributed by atoms with Crippen LogP contribution in [0, 0.1) is 5.92 Å². The molecule has 82 valence electrons. The number of aromatic nitrogens is 2. The van der Waals surface area contributed by atoms with Crippen molar-refractivity contribution in [1.82, 2.24) is 9.55 Å². The largest absolute Gasteiger partial charge is 0.382 e. The van der Waals surface area contributed by atoms with Crippen LogP contribution >= 0.6 is 0 Å². The molecule has 1 aromatic rings. The van der Waals surface area contributed by atoms with Gasteiger partial charge in [-0.25, -0.2) is 4.98 Å². The van der Waals surface area contributed by atoms with Crippen molar-refractivity contribution in [3.8, 4) is 0 Å². The fourth-order valence-corrected chi connectivity index (χ4v) is 2.76. The van der Waals surface area contributed by atoms with Crippen molar-refractivity contribution in [3.05, 3.63) is 11.5 Å². The maximum atomic E-state index is 5.99. The van der Waals surface area contributed by atoms with Crippen molar-refractivity contribution in [2.75, 3.05) is 5.73 Å². The van der Waals surface area contributed by atoms with E-state index in [0.717, 1.165) is 24.7 Å². The number of imidazole rings is 1. The Morgan fingerprint density at radius 1 is 1.33 bits per heavy atom. The van der Waals surface area contributed by atoms with Crippen LogP contribution in [0.5, 0.6) is 0 Å². The topological polar surface area (TPSA) is 43.8 Å². The van der Waals surface area contributed by atoms with Gasteiger partial charge in [0.05, 0.1) is 5.69 Å². The predicted molar refractivity (Wildman–Crippen MR) is 60.7 cm³/mol. The molecule has 1 unspecified atom stereocenters. The molecule has 15 heavy (non-hydrogen) atoms. The van der Waals surface area contributed by atoms with E-state index in [1.807, 2.05) is 0 Å². The second-order valence-corrected chi connectivity index (χ2v) is 5.18. The summed E-state index contributed by atoms with van der Waals surface area (Å²) in [7, 11) is 0. The number of nitrogens with zero attached hydrogens (tertiary/aromatic N) is 2. The zero-order valence-corrected chi connectivity index (χ0v) is 9.37. The van der Waals surface area contributed by atoms with Crippen LogP contribution in [0.25, 0.3) is 0 Å². The molecule has 1 aliphatic heterocycles. The number of hydrogen-bond donors (Lipinski definition) is 1. The molecule has 1 fully saturated rings. The molecule has 0 bridgehead atoms. The summed E-state index contributed by atoms with van der Waals surface area (Å²) in [4.78, 5) is 4.59. The van der Waals surface area contributed by atoms with Crippen molar-refractivity contribution in [2.24, 2.45) is 5.92 Å². The molecule has 3 rings (SSSR count). The minimum Gasteiger partial charge on any atom is -0.382 e. The minimum atomic E-state index is 0.700. The van der Waals surface area contributed by atoms with Crippen LogP contribution in [0.1, 0.15) is 50.0 Å². The lowest BCUT2D eigenvalue weighted by Gasteiger charge is -2.29. The SMILES string of the molecule is CC1CCc2c(N)nc(C3CCC3)n2C1. The van der Waals surface area contributed by atoms with Crippen LogP contribution in [0.3, 0.4) is 0 Å². The summed E-state index contributed by atoms with van der Waals surface area (Å²) in [5.74, 6) is 3.56. The number of fused-ring (bicyclic) bond motifs is 1. The molecule has 0 saturated heterocycles. The van der Waals surface area contributed by atoms with Crippen LogP contribution in [0.2, 0.25) is 0 Å². The Hall–Kier alpha value is -0.990. The molecule has 2 aliphatic rings. The van der Waals surface area contributed by atoms with E-state index in [2.05, 4.69) is 16.5 Å². The Morgan fingerprint density at radius 2 is 2.13 bits per heavy atom. The van der Waals surface area contributed by atoms with E-state index in [1.54, 1.807) is 0 Å². The van der Waals surface area contributed by atoms with Gasteiger partial charge in [-0.3, -0.25) is 0 Å². The average Bonchev–Trinajstić information content (AvgIpc) is 2.41. The summed E-state index contributed by atoms with van der Waals surface area (Å²) < 4.78 is 2.41. The molecular weight excluding hydrogens is 186 g/mol. The fraction of sp³-hybridized carbons (Fsp3) is 0.750. The van der Waals surface area contributed by atoms with Gasteiger partial charge < -0.3 is 10.3 Å². The normalized spacial score (nSPS) is 26.1. The Labute approximate surface area is 90.7 Å². The molecule has 3 nitrogen and oxygen atoms in total. The Balaban J connectivity index is 2.00. The number of anilines is 1. The van der Waals surface area contributed by atoms with Crippen LogP contribution in [0.4, 0.5) is 5.82 Å². The molecule has 2 N–H and O–H groups in total. The number of rotatable bonds is 1. The van der Waals surface area contributed by atoms with E-state index in [-0.39, 0.29) is 0 Å². The van der Waals surface area contributed by atoms with Crippen molar-refractivity contribution in [2.45, 2.75) is 51.5 Å². The monoisotopic (exact) mass is 205 g/mol. The van der Waals surface area contributed by atoms with Gasteiger partial charge >= 0.3 is 0 Å². The lowest BCUT2D eigenvalue weighted by molar-refractivity contribution is 0.345. The highest BCUT2D eigenvalue weighted by Gasteiger charge is 2.29. The maximum absolute atomic E-state index is 5.99. The van der Waals surface area contributed by atoms with E-state index >= 15 is 0 Å². The van der Waals surface area contributed by atoms with E-state index in [9.17, 15) is 0 Å². The van der Waals surface area contributed by atoms with Crippen LogP contribution in [0.15, 0.2) is 0 Å². The molecular formula is C12H19N3. The van der Waals surface area contributed by atoms with Gasteiger partial charge in [0, 0.05) is 12.5 Å². The van der Waals surface area contributed by atoms with Gasteiger partial charge in [0.25, 0.3) is 0 Å². The van der Waals surface area contributed by atoms with Gasteiger partial charge in [-0.05, 0) is 31.6 Å². The lowest BCUT2D eigenvalue weighted by Crippen LogP contribution is -2.23. The van der Waals surface area contributed by atoms with Gasteiger partial charge in [0.1, 0.15) is 11.6 Å². The fourth-order valence-electron chi connectivity index (χ4n) is 2.76. The highest BCUT2D eigenvalue weighted by Crippen LogP contribution is 2.38. The minimum absolute atomic E-state index is 0.700. The van der Waals surface area contributed by atoms with Crippen LogP contribution < -0.4 is 5.73 Å². The second kappa shape index (κ2) is 3.26. The first-order valence-electron chi connectivity index (χ1n) is 6.10. The number of nitrogens with two attached hydrogens (primary N) is 1. The molecule has 0 radical (unpaired) electrons. The Kier molecular flexibility index (Phi) is 2.01. The van der Waals surface area contributed by atoms with E-state index in [0.29, 0.717) is 5.92 Å². The number of nitrogen functional groups attached to an aromatic ring is 1. The lowest BCUT2D eigenvalue weighted by atomic mass is 9.84. The highest BCUT2D eigenvalue weighted by molar-refractivity contribution is 5.39. The zero-order chi connectivity index (χ0) is 10.4. The standard InChI is InChI=1S/C12H19N3/c1-8-5-6-10-11(13)14-12(15(10)7-8)9-3-2-4-9/h8-9H,2-7,13H2,1H3. The van der Waals surface area contributed by atoms with E-state index < -0.39 is 0 Å².